The molecule has 0 amide bonds. The summed E-state index contributed by atoms with van der Waals surface area (Å²) in [6.45, 7) is 22.0. The number of esters is 4. The highest BCUT2D eigenvalue weighted by molar-refractivity contribution is 9.10. The zero-order valence-electron chi connectivity index (χ0n) is 27.9. The number of carbonyl (C=O) groups excluding carboxylic acids is 4. The second-order valence-electron chi connectivity index (χ2n) is 15.3. The van der Waals surface area contributed by atoms with Crippen molar-refractivity contribution >= 4 is 39.8 Å². The Morgan fingerprint density at radius 3 is 1.51 bits per heavy atom. The van der Waals surface area contributed by atoms with Crippen LogP contribution in [0, 0.1) is 28.6 Å². The van der Waals surface area contributed by atoms with Gasteiger partial charge in [-0.25, -0.2) is 0 Å². The third-order valence-electron chi connectivity index (χ3n) is 6.73. The fourth-order valence-electron chi connectivity index (χ4n) is 3.94. The maximum Gasteiger partial charge on any atom is 0.311 e. The lowest BCUT2D eigenvalue weighted by Gasteiger charge is -2.46. The van der Waals surface area contributed by atoms with E-state index in [4.69, 9.17) is 23.7 Å². The molecule has 2 rings (SSSR count). The van der Waals surface area contributed by atoms with Gasteiger partial charge in [-0.1, -0.05) is 22.0 Å². The zero-order valence-corrected chi connectivity index (χ0v) is 29.5. The molecule has 0 spiro atoms. The molecular formula is C33H49BrO9. The third kappa shape index (κ3) is 9.76. The van der Waals surface area contributed by atoms with Crippen LogP contribution in [0.4, 0.5) is 0 Å². The Balaban J connectivity index is 2.80. The smallest absolute Gasteiger partial charge is 0.311 e. The van der Waals surface area contributed by atoms with Crippen molar-refractivity contribution in [2.45, 2.75) is 121 Å². The minimum atomic E-state index is -1.29. The largest absolute Gasteiger partial charge is 0.462 e. The molecule has 10 heteroatoms. The summed E-state index contributed by atoms with van der Waals surface area (Å²) in [6.07, 6.45) is -5.78. The number of rotatable bonds is 6. The summed E-state index contributed by atoms with van der Waals surface area (Å²) in [5.41, 5.74) is -2.10. The van der Waals surface area contributed by atoms with Gasteiger partial charge in [0.2, 0.25) is 0 Å². The van der Waals surface area contributed by atoms with E-state index in [0.717, 1.165) is 10.0 Å². The van der Waals surface area contributed by atoms with Crippen LogP contribution < -0.4 is 0 Å². The Hall–Kier alpha value is -2.46. The summed E-state index contributed by atoms with van der Waals surface area (Å²) in [6, 6.07) is 5.53. The lowest BCUT2D eigenvalue weighted by Crippen LogP contribution is -2.61. The van der Waals surface area contributed by atoms with Crippen LogP contribution in [0.1, 0.15) is 100 Å². The first-order valence-corrected chi connectivity index (χ1v) is 15.4. The molecular weight excluding hydrogens is 620 g/mol. The molecule has 1 aromatic rings. The second-order valence-corrected chi connectivity index (χ2v) is 16.2. The van der Waals surface area contributed by atoms with Crippen molar-refractivity contribution in [2.75, 3.05) is 6.61 Å². The van der Waals surface area contributed by atoms with Crippen molar-refractivity contribution in [3.8, 4) is 0 Å². The van der Waals surface area contributed by atoms with Gasteiger partial charge in [0, 0.05) is 4.47 Å². The van der Waals surface area contributed by atoms with Gasteiger partial charge in [-0.3, -0.25) is 19.2 Å². The van der Waals surface area contributed by atoms with Gasteiger partial charge in [-0.15, -0.1) is 0 Å². The molecule has 1 aliphatic heterocycles. The summed E-state index contributed by atoms with van der Waals surface area (Å²) < 4.78 is 31.3. The van der Waals surface area contributed by atoms with Crippen LogP contribution in [-0.2, 0) is 42.9 Å². The Morgan fingerprint density at radius 1 is 0.674 bits per heavy atom. The van der Waals surface area contributed by atoms with Crippen molar-refractivity contribution in [2.24, 2.45) is 21.7 Å². The first kappa shape index (κ1) is 36.7. The van der Waals surface area contributed by atoms with Gasteiger partial charge in [-0.05, 0) is 113 Å². The standard InChI is InChI=1S/C33H49BrO9/c1-18-16-19(34)14-15-20(18)22-24(42-28(37)32(8,9)10)25(43-29(38)33(11,12)13)23(41-27(36)31(5,6)7)21(40-22)17-39-26(35)30(2,3)4/h14-16,21-25H,17H2,1-13H3. The van der Waals surface area contributed by atoms with Gasteiger partial charge in [0.25, 0.3) is 0 Å². The van der Waals surface area contributed by atoms with E-state index in [2.05, 4.69) is 15.9 Å². The molecule has 5 unspecified atom stereocenters. The Labute approximate surface area is 264 Å². The first-order valence-electron chi connectivity index (χ1n) is 14.6. The number of halogens is 1. The van der Waals surface area contributed by atoms with Crippen molar-refractivity contribution in [3.05, 3.63) is 33.8 Å². The van der Waals surface area contributed by atoms with Gasteiger partial charge >= 0.3 is 23.9 Å². The summed E-state index contributed by atoms with van der Waals surface area (Å²) in [4.78, 5) is 52.9. The van der Waals surface area contributed by atoms with E-state index in [1.807, 2.05) is 25.1 Å². The Morgan fingerprint density at radius 2 is 1.09 bits per heavy atom. The van der Waals surface area contributed by atoms with Crippen LogP contribution in [0.25, 0.3) is 0 Å². The molecule has 1 heterocycles. The summed E-state index contributed by atoms with van der Waals surface area (Å²) in [5, 5.41) is 0. The Kier molecular flexibility index (Phi) is 11.3. The molecule has 1 aliphatic rings. The number of ether oxygens (including phenoxy) is 5. The quantitative estimate of drug-likeness (QED) is 0.242. The average Bonchev–Trinajstić information content (AvgIpc) is 2.82. The van der Waals surface area contributed by atoms with Crippen LogP contribution in [0.15, 0.2) is 22.7 Å². The minimum Gasteiger partial charge on any atom is -0.462 e. The topological polar surface area (TPSA) is 114 Å². The summed E-state index contributed by atoms with van der Waals surface area (Å²) in [7, 11) is 0. The maximum atomic E-state index is 13.4. The molecule has 0 aromatic heterocycles. The maximum absolute atomic E-state index is 13.4. The minimum absolute atomic E-state index is 0.298. The average molecular weight is 670 g/mol. The first-order chi connectivity index (χ1) is 19.3. The molecule has 242 valence electrons. The third-order valence-corrected chi connectivity index (χ3v) is 7.22. The monoisotopic (exact) mass is 668 g/mol. The molecule has 0 radical (unpaired) electrons. The Bertz CT molecular complexity index is 1190. The second kappa shape index (κ2) is 13.3. The van der Waals surface area contributed by atoms with Gasteiger partial charge in [-0.2, -0.15) is 0 Å². The molecule has 1 aromatic carbocycles. The molecule has 0 bridgehead atoms. The van der Waals surface area contributed by atoms with Crippen LogP contribution >= 0.6 is 15.9 Å². The van der Waals surface area contributed by atoms with E-state index in [-0.39, 0.29) is 6.61 Å². The highest BCUT2D eigenvalue weighted by atomic mass is 79.9. The van der Waals surface area contributed by atoms with Gasteiger partial charge in [0.1, 0.15) is 18.8 Å². The molecule has 5 atom stereocenters. The van der Waals surface area contributed by atoms with E-state index in [1.165, 1.54) is 0 Å². The van der Waals surface area contributed by atoms with Crippen molar-refractivity contribution in [1.82, 2.24) is 0 Å². The fraction of sp³-hybridized carbons (Fsp3) is 0.697. The van der Waals surface area contributed by atoms with Crippen LogP contribution in [0.3, 0.4) is 0 Å². The highest BCUT2D eigenvalue weighted by Gasteiger charge is 2.55. The van der Waals surface area contributed by atoms with E-state index < -0.39 is 76.1 Å². The predicted octanol–water partition coefficient (Wildman–Crippen LogP) is 6.66. The number of hydrogen-bond donors (Lipinski definition) is 0. The van der Waals surface area contributed by atoms with E-state index in [9.17, 15) is 19.2 Å². The van der Waals surface area contributed by atoms with Crippen LogP contribution in [-0.4, -0.2) is 54.9 Å². The molecule has 1 saturated heterocycles. The number of aryl methyl sites for hydroxylation is 1. The summed E-state index contributed by atoms with van der Waals surface area (Å²) >= 11 is 3.48. The van der Waals surface area contributed by atoms with E-state index >= 15 is 0 Å². The SMILES string of the molecule is Cc1cc(Br)ccc1C1OC(COC(=O)C(C)(C)C)C(OC(=O)C(C)(C)C)C(OC(=O)C(C)(C)C)C1OC(=O)C(C)(C)C. The van der Waals surface area contributed by atoms with E-state index in [0.29, 0.717) is 5.56 Å². The van der Waals surface area contributed by atoms with Gasteiger partial charge < -0.3 is 23.7 Å². The number of carbonyl (C=O) groups is 4. The fourth-order valence-corrected chi connectivity index (χ4v) is 4.41. The highest BCUT2D eigenvalue weighted by Crippen LogP contribution is 2.41. The lowest BCUT2D eigenvalue weighted by atomic mass is 9.87. The molecule has 0 saturated carbocycles. The lowest BCUT2D eigenvalue weighted by molar-refractivity contribution is -0.262. The molecule has 9 nitrogen and oxygen atoms in total. The normalized spacial score (nSPS) is 23.3. The van der Waals surface area contributed by atoms with Gasteiger partial charge in [0.15, 0.2) is 18.3 Å². The van der Waals surface area contributed by atoms with Gasteiger partial charge in [0.05, 0.1) is 21.7 Å². The predicted molar refractivity (Wildman–Crippen MR) is 165 cm³/mol. The molecule has 43 heavy (non-hydrogen) atoms. The number of benzene rings is 1. The van der Waals surface area contributed by atoms with Crippen LogP contribution in [0.2, 0.25) is 0 Å². The number of hydrogen-bond acceptors (Lipinski definition) is 9. The molecule has 0 N–H and O–H groups in total. The van der Waals surface area contributed by atoms with Crippen molar-refractivity contribution < 1.29 is 42.9 Å². The zero-order chi connectivity index (χ0) is 33.3. The van der Waals surface area contributed by atoms with Crippen LogP contribution in [0.5, 0.6) is 0 Å². The van der Waals surface area contributed by atoms with E-state index in [1.54, 1.807) is 83.1 Å². The van der Waals surface area contributed by atoms with Crippen molar-refractivity contribution in [1.29, 1.82) is 0 Å². The van der Waals surface area contributed by atoms with Crippen molar-refractivity contribution in [3.63, 3.8) is 0 Å². The molecule has 1 fully saturated rings. The summed E-state index contributed by atoms with van der Waals surface area (Å²) in [5.74, 6) is -2.23. The molecule has 0 aliphatic carbocycles.